The lowest BCUT2D eigenvalue weighted by atomic mass is 9.53. The number of likely N-dealkylation sites (N-methyl/N-ethyl adjacent to an activating group) is 1. The molecule has 1 heterocycles. The van der Waals surface area contributed by atoms with Gasteiger partial charge in [-0.2, -0.15) is 0 Å². The number of aliphatic hydroxyl groups excluding tert-OH is 1. The van der Waals surface area contributed by atoms with Crippen LogP contribution in [0.4, 0.5) is 5.13 Å². The maximum atomic E-state index is 12.6. The van der Waals surface area contributed by atoms with Gasteiger partial charge in [0.1, 0.15) is 0 Å². The average Bonchev–Trinajstić information content (AvgIpc) is 3.08. The monoisotopic (exact) mass is 466 g/mol. The van der Waals surface area contributed by atoms with Gasteiger partial charge in [0, 0.05) is 30.4 Å². The molecule has 0 unspecified atom stereocenters. The quantitative estimate of drug-likeness (QED) is 0.507. The largest absolute Gasteiger partial charge is 0.392 e. The first-order valence-electron chi connectivity index (χ1n) is 11.5. The number of amides is 2. The fraction of sp³-hybridized carbons (Fsp3) is 0.783. The number of hydrogen-bond donors (Lipinski definition) is 3. The van der Waals surface area contributed by atoms with Crippen LogP contribution in [-0.2, 0) is 20.7 Å². The molecule has 2 aliphatic carbocycles. The Balaban J connectivity index is 1.76. The third-order valence-electron chi connectivity index (χ3n) is 7.29. The van der Waals surface area contributed by atoms with Crippen molar-refractivity contribution in [3.05, 3.63) is 10.6 Å². The van der Waals surface area contributed by atoms with E-state index in [0.717, 1.165) is 25.0 Å². The van der Waals surface area contributed by atoms with E-state index in [2.05, 4.69) is 24.5 Å². The van der Waals surface area contributed by atoms with Crippen LogP contribution in [0.3, 0.4) is 0 Å². The number of ether oxygens (including phenoxy) is 1. The SMILES string of the molecule is COCCNC(=O)[C@@H](C)[C@H]1CC[C@@]2(C)Cc3sc(NC(=O)CN(C)C)nc3[C@@H](C)[C@@H]2[C@H]1O. The average molecular weight is 467 g/mol. The lowest BCUT2D eigenvalue weighted by Gasteiger charge is -2.53. The van der Waals surface area contributed by atoms with Crippen molar-refractivity contribution < 1.29 is 19.4 Å². The molecule has 1 saturated carbocycles. The zero-order valence-corrected chi connectivity index (χ0v) is 20.9. The van der Waals surface area contributed by atoms with E-state index in [4.69, 9.17) is 9.72 Å². The number of aliphatic hydroxyl groups is 1. The summed E-state index contributed by atoms with van der Waals surface area (Å²) in [6.45, 7) is 7.56. The van der Waals surface area contributed by atoms with Gasteiger partial charge in [-0.1, -0.05) is 20.8 Å². The lowest BCUT2D eigenvalue weighted by molar-refractivity contribution is -0.135. The van der Waals surface area contributed by atoms with Crippen molar-refractivity contribution in [3.8, 4) is 0 Å². The molecule has 2 amide bonds. The summed E-state index contributed by atoms with van der Waals surface area (Å²) in [7, 11) is 5.32. The molecular formula is C23H38N4O4S. The van der Waals surface area contributed by atoms with Crippen molar-refractivity contribution in [1.82, 2.24) is 15.2 Å². The summed E-state index contributed by atoms with van der Waals surface area (Å²) in [6.07, 6.45) is 2.05. The second-order valence-corrected chi connectivity index (χ2v) is 11.1. The molecule has 0 aromatic carbocycles. The molecule has 8 nitrogen and oxygen atoms in total. The van der Waals surface area contributed by atoms with Gasteiger partial charge in [-0.3, -0.25) is 9.59 Å². The number of nitrogens with one attached hydrogen (secondary N) is 2. The predicted octanol–water partition coefficient (Wildman–Crippen LogP) is 2.09. The maximum Gasteiger partial charge on any atom is 0.240 e. The van der Waals surface area contributed by atoms with Gasteiger partial charge in [0.25, 0.3) is 0 Å². The highest BCUT2D eigenvalue weighted by Gasteiger charge is 2.53. The lowest BCUT2D eigenvalue weighted by Crippen LogP contribution is -2.53. The van der Waals surface area contributed by atoms with Crippen LogP contribution in [0.25, 0.3) is 0 Å². The molecule has 1 fully saturated rings. The molecule has 0 saturated heterocycles. The molecule has 3 rings (SSSR count). The van der Waals surface area contributed by atoms with Crippen LogP contribution in [-0.4, -0.2) is 73.8 Å². The zero-order valence-electron chi connectivity index (χ0n) is 20.1. The van der Waals surface area contributed by atoms with E-state index in [9.17, 15) is 14.7 Å². The first kappa shape index (κ1) is 25.1. The van der Waals surface area contributed by atoms with E-state index in [0.29, 0.717) is 24.8 Å². The topological polar surface area (TPSA) is 104 Å². The normalized spacial score (nSPS) is 30.4. The van der Waals surface area contributed by atoms with E-state index >= 15 is 0 Å². The molecule has 9 heteroatoms. The Kier molecular flexibility index (Phi) is 7.96. The highest BCUT2D eigenvalue weighted by molar-refractivity contribution is 7.15. The van der Waals surface area contributed by atoms with E-state index in [1.54, 1.807) is 18.4 Å². The molecule has 0 spiro atoms. The number of aromatic nitrogens is 1. The smallest absolute Gasteiger partial charge is 0.240 e. The summed E-state index contributed by atoms with van der Waals surface area (Å²) in [5, 5.41) is 17.9. The number of fused-ring (bicyclic) bond motifs is 2. The molecule has 0 bridgehead atoms. The Morgan fingerprint density at radius 2 is 2.12 bits per heavy atom. The van der Waals surface area contributed by atoms with Gasteiger partial charge in [-0.15, -0.1) is 11.3 Å². The summed E-state index contributed by atoms with van der Waals surface area (Å²) >= 11 is 1.55. The van der Waals surface area contributed by atoms with Crippen LogP contribution in [0.5, 0.6) is 0 Å². The van der Waals surface area contributed by atoms with Crippen molar-refractivity contribution in [1.29, 1.82) is 0 Å². The summed E-state index contributed by atoms with van der Waals surface area (Å²) in [5.74, 6) is -0.380. The molecule has 1 aromatic rings. The molecular weight excluding hydrogens is 428 g/mol. The second-order valence-electron chi connectivity index (χ2n) is 10.0. The van der Waals surface area contributed by atoms with Crippen molar-refractivity contribution >= 4 is 28.3 Å². The fourth-order valence-corrected chi connectivity index (χ4v) is 6.96. The number of anilines is 1. The van der Waals surface area contributed by atoms with Crippen molar-refractivity contribution in [2.24, 2.45) is 23.2 Å². The Morgan fingerprint density at radius 3 is 2.78 bits per heavy atom. The number of nitrogens with zero attached hydrogens (tertiary/aromatic N) is 2. The Labute approximate surface area is 195 Å². The van der Waals surface area contributed by atoms with Crippen LogP contribution >= 0.6 is 11.3 Å². The van der Waals surface area contributed by atoms with Gasteiger partial charge in [0.2, 0.25) is 11.8 Å². The van der Waals surface area contributed by atoms with Crippen molar-refractivity contribution in [3.63, 3.8) is 0 Å². The summed E-state index contributed by atoms with van der Waals surface area (Å²) in [4.78, 5) is 32.6. The van der Waals surface area contributed by atoms with Gasteiger partial charge in [-0.25, -0.2) is 4.98 Å². The second kappa shape index (κ2) is 10.2. The number of carbonyl (C=O) groups excluding carboxylic acids is 2. The number of rotatable bonds is 8. The van der Waals surface area contributed by atoms with Crippen LogP contribution in [0, 0.1) is 23.2 Å². The highest BCUT2D eigenvalue weighted by atomic mass is 32.1. The Morgan fingerprint density at radius 1 is 1.41 bits per heavy atom. The number of thiazole rings is 1. The number of methoxy groups -OCH3 is 1. The molecule has 0 radical (unpaired) electrons. The van der Waals surface area contributed by atoms with Crippen LogP contribution in [0.2, 0.25) is 0 Å². The van der Waals surface area contributed by atoms with Crippen LogP contribution < -0.4 is 10.6 Å². The van der Waals surface area contributed by atoms with Gasteiger partial charge < -0.3 is 25.4 Å². The summed E-state index contributed by atoms with van der Waals surface area (Å²) < 4.78 is 5.02. The first-order chi connectivity index (χ1) is 15.1. The van der Waals surface area contributed by atoms with Gasteiger partial charge in [0.05, 0.1) is 24.9 Å². The summed E-state index contributed by atoms with van der Waals surface area (Å²) in [6, 6.07) is 0. The fourth-order valence-electron chi connectivity index (χ4n) is 5.68. The maximum absolute atomic E-state index is 12.6. The van der Waals surface area contributed by atoms with Gasteiger partial charge in [0.15, 0.2) is 5.13 Å². The van der Waals surface area contributed by atoms with Crippen molar-refractivity contribution in [2.45, 2.75) is 52.1 Å². The van der Waals surface area contributed by atoms with E-state index in [1.807, 2.05) is 25.9 Å². The number of hydrogen-bond acceptors (Lipinski definition) is 7. The first-order valence-corrected chi connectivity index (χ1v) is 12.3. The standard InChI is InChI=1S/C23H38N4O4S/c1-13(21(30)24-9-10-31-6)15-7-8-23(3)11-16-19(14(2)18(23)20(15)29)26-22(32-16)25-17(28)12-27(4)5/h13-15,18,20,29H,7-12H2,1-6H3,(H,24,30)(H,25,26,28)/t13-,14-,15+,18+,20-,23-/m0/s1. The molecule has 0 aliphatic heterocycles. The van der Waals surface area contributed by atoms with Crippen molar-refractivity contribution in [2.75, 3.05) is 46.2 Å². The van der Waals surface area contributed by atoms with E-state index < -0.39 is 6.10 Å². The molecule has 180 valence electrons. The summed E-state index contributed by atoms with van der Waals surface area (Å²) in [5.41, 5.74) is 0.931. The minimum absolute atomic E-state index is 0.0235. The minimum Gasteiger partial charge on any atom is -0.392 e. The predicted molar refractivity (Wildman–Crippen MR) is 126 cm³/mol. The van der Waals surface area contributed by atoms with E-state index in [-0.39, 0.29) is 40.9 Å². The van der Waals surface area contributed by atoms with Crippen LogP contribution in [0.15, 0.2) is 0 Å². The van der Waals surface area contributed by atoms with Gasteiger partial charge >= 0.3 is 0 Å². The zero-order chi connectivity index (χ0) is 23.6. The molecule has 1 aromatic heterocycles. The third kappa shape index (κ3) is 5.16. The van der Waals surface area contributed by atoms with Crippen LogP contribution in [0.1, 0.15) is 50.1 Å². The molecule has 2 aliphatic rings. The Bertz CT molecular complexity index is 829. The third-order valence-corrected chi connectivity index (χ3v) is 8.28. The molecule has 32 heavy (non-hydrogen) atoms. The Hall–Kier alpha value is -1.55. The molecule has 3 N–H and O–H groups in total. The van der Waals surface area contributed by atoms with Gasteiger partial charge in [-0.05, 0) is 50.6 Å². The molecule has 6 atom stereocenters. The highest BCUT2D eigenvalue weighted by Crippen LogP contribution is 2.57. The number of carbonyl (C=O) groups is 2. The minimum atomic E-state index is -0.575. The van der Waals surface area contributed by atoms with E-state index in [1.165, 1.54) is 4.88 Å².